The molecule has 12 nitrogen and oxygen atoms in total. The molecule has 2 aromatic heterocycles. The summed E-state index contributed by atoms with van der Waals surface area (Å²) in [5.41, 5.74) is -0.174. The molecule has 0 unspecified atom stereocenters. The van der Waals surface area contributed by atoms with Gasteiger partial charge in [-0.05, 0) is 46.5 Å². The number of tetrazole rings is 1. The number of nitrogens with zero attached hydrogens (tertiary/aromatic N) is 7. The second-order valence-corrected chi connectivity index (χ2v) is 9.35. The summed E-state index contributed by atoms with van der Waals surface area (Å²) in [5, 5.41) is 15.6. The van der Waals surface area contributed by atoms with Gasteiger partial charge < -0.3 is 15.1 Å². The van der Waals surface area contributed by atoms with Crippen LogP contribution < -0.4 is 5.32 Å². The molecule has 3 aromatic rings. The van der Waals surface area contributed by atoms with Gasteiger partial charge in [0.05, 0.1) is 10.6 Å². The van der Waals surface area contributed by atoms with Crippen molar-refractivity contribution >= 4 is 35.1 Å². The molecule has 2 saturated heterocycles. The molecular weight excluding hydrogens is 472 g/mol. The molecule has 2 aliphatic rings. The summed E-state index contributed by atoms with van der Waals surface area (Å²) in [6.45, 7) is 2.70. The van der Waals surface area contributed by atoms with E-state index in [1.165, 1.54) is 22.3 Å². The van der Waals surface area contributed by atoms with Gasteiger partial charge in [0.15, 0.2) is 0 Å². The third-order valence-corrected chi connectivity index (χ3v) is 7.11. The number of thiophene rings is 1. The van der Waals surface area contributed by atoms with Crippen molar-refractivity contribution in [1.29, 1.82) is 0 Å². The van der Waals surface area contributed by atoms with Gasteiger partial charge in [-0.15, -0.1) is 16.4 Å². The van der Waals surface area contributed by atoms with Gasteiger partial charge in [-0.3, -0.25) is 19.3 Å². The van der Waals surface area contributed by atoms with Gasteiger partial charge in [-0.2, -0.15) is 0 Å². The average Bonchev–Trinajstić information content (AvgIpc) is 3.64. The van der Waals surface area contributed by atoms with Crippen LogP contribution in [0.4, 0.5) is 4.79 Å². The highest BCUT2D eigenvalue weighted by Gasteiger charge is 2.50. The van der Waals surface area contributed by atoms with E-state index in [9.17, 15) is 19.2 Å². The van der Waals surface area contributed by atoms with Crippen molar-refractivity contribution < 1.29 is 19.2 Å². The highest BCUT2D eigenvalue weighted by molar-refractivity contribution is 7.12. The minimum atomic E-state index is -1.34. The van der Waals surface area contributed by atoms with Crippen LogP contribution in [0.5, 0.6) is 0 Å². The fourth-order valence-corrected chi connectivity index (χ4v) is 4.92. The molecule has 13 heteroatoms. The molecule has 0 aliphatic carbocycles. The lowest BCUT2D eigenvalue weighted by Gasteiger charge is -2.35. The van der Waals surface area contributed by atoms with Crippen molar-refractivity contribution in [2.45, 2.75) is 12.5 Å². The molecule has 2 aliphatic heterocycles. The Balaban J connectivity index is 1.24. The van der Waals surface area contributed by atoms with E-state index in [0.717, 1.165) is 4.90 Å². The van der Waals surface area contributed by atoms with Crippen molar-refractivity contribution in [1.82, 2.24) is 40.2 Å². The lowest BCUT2D eigenvalue weighted by Crippen LogP contribution is -2.53. The molecule has 1 N–H and O–H groups in total. The third-order valence-electron chi connectivity index (χ3n) is 6.26. The Bertz CT molecular complexity index is 1270. The maximum atomic E-state index is 13.3. The molecule has 1 atom stereocenters. The number of amides is 5. The van der Waals surface area contributed by atoms with E-state index in [-0.39, 0.29) is 18.4 Å². The van der Waals surface area contributed by atoms with Crippen molar-refractivity contribution in [2.24, 2.45) is 0 Å². The Kier molecular flexibility index (Phi) is 5.76. The first kappa shape index (κ1) is 22.7. The van der Waals surface area contributed by atoms with E-state index in [2.05, 4.69) is 20.8 Å². The van der Waals surface area contributed by atoms with E-state index in [4.69, 9.17) is 0 Å². The van der Waals surface area contributed by atoms with E-state index < -0.39 is 17.5 Å². The standard InChI is InChI=1S/C22H22N8O4S/c1-22(15-4-2-5-16(12-15)30-14-23-25-26-30)20(33)29(21(34)24-22)13-18(31)27-7-9-28(10-8-27)19(32)17-6-3-11-35-17/h2-6,11-12,14H,7-10,13H2,1H3,(H,24,34)/t22-/m0/s1. The fourth-order valence-electron chi connectivity index (χ4n) is 4.23. The van der Waals surface area contributed by atoms with Crippen LogP contribution in [-0.2, 0) is 15.1 Å². The maximum Gasteiger partial charge on any atom is 0.325 e. The summed E-state index contributed by atoms with van der Waals surface area (Å²) in [4.78, 5) is 56.3. The Morgan fingerprint density at radius 3 is 2.54 bits per heavy atom. The molecule has 5 amide bonds. The zero-order valence-corrected chi connectivity index (χ0v) is 19.6. The number of carbonyl (C=O) groups is 4. The zero-order valence-electron chi connectivity index (χ0n) is 18.8. The molecule has 1 aromatic carbocycles. The van der Waals surface area contributed by atoms with Crippen molar-refractivity contribution in [3.63, 3.8) is 0 Å². The SMILES string of the molecule is C[C@@]1(c2cccc(-n3cnnn3)c2)NC(=O)N(CC(=O)N2CCN(C(=O)c3cccs3)CC2)C1=O. The Morgan fingerprint density at radius 2 is 1.86 bits per heavy atom. The smallest absolute Gasteiger partial charge is 0.325 e. The average molecular weight is 495 g/mol. The molecule has 0 radical (unpaired) electrons. The minimum absolute atomic E-state index is 0.0548. The normalized spacial score (nSPS) is 20.3. The molecule has 4 heterocycles. The predicted octanol–water partition coefficient (Wildman–Crippen LogP) is 0.475. The number of rotatable bonds is 5. The summed E-state index contributed by atoms with van der Waals surface area (Å²) in [7, 11) is 0. The molecule has 5 rings (SSSR count). The lowest BCUT2D eigenvalue weighted by molar-refractivity contribution is -0.139. The number of aromatic nitrogens is 4. The van der Waals surface area contributed by atoms with Gasteiger partial charge in [-0.25, -0.2) is 9.48 Å². The van der Waals surface area contributed by atoms with Gasteiger partial charge >= 0.3 is 6.03 Å². The number of imide groups is 1. The molecule has 0 saturated carbocycles. The largest absolute Gasteiger partial charge is 0.338 e. The zero-order chi connectivity index (χ0) is 24.6. The molecule has 0 bridgehead atoms. The Labute approximate surface area is 204 Å². The molecule has 2 fully saturated rings. The van der Waals surface area contributed by atoms with E-state index in [0.29, 0.717) is 42.3 Å². The van der Waals surface area contributed by atoms with Crippen LogP contribution in [0.15, 0.2) is 48.1 Å². The molecule has 35 heavy (non-hydrogen) atoms. The number of piperazine rings is 1. The van der Waals surface area contributed by atoms with Crippen LogP contribution in [0.25, 0.3) is 5.69 Å². The molecule has 180 valence electrons. The quantitative estimate of drug-likeness (QED) is 0.510. The lowest BCUT2D eigenvalue weighted by atomic mass is 9.91. The highest BCUT2D eigenvalue weighted by atomic mass is 32.1. The number of hydrogen-bond acceptors (Lipinski definition) is 8. The van der Waals surface area contributed by atoms with Gasteiger partial charge in [0.1, 0.15) is 18.4 Å². The van der Waals surface area contributed by atoms with E-state index >= 15 is 0 Å². The van der Waals surface area contributed by atoms with Crippen molar-refractivity contribution in [3.8, 4) is 5.69 Å². The van der Waals surface area contributed by atoms with Gasteiger partial charge in [0.25, 0.3) is 11.8 Å². The second kappa shape index (κ2) is 8.91. The second-order valence-electron chi connectivity index (χ2n) is 8.40. The van der Waals surface area contributed by atoms with Crippen LogP contribution in [0.2, 0.25) is 0 Å². The maximum absolute atomic E-state index is 13.3. The van der Waals surface area contributed by atoms with Crippen LogP contribution in [0, 0.1) is 0 Å². The minimum Gasteiger partial charge on any atom is -0.338 e. The van der Waals surface area contributed by atoms with Crippen LogP contribution in [0.3, 0.4) is 0 Å². The fraction of sp³-hybridized carbons (Fsp3) is 0.318. The predicted molar refractivity (Wildman–Crippen MR) is 124 cm³/mol. The summed E-state index contributed by atoms with van der Waals surface area (Å²) in [6.07, 6.45) is 1.43. The molecular formula is C22H22N8O4S. The monoisotopic (exact) mass is 494 g/mol. The summed E-state index contributed by atoms with van der Waals surface area (Å²) in [5.74, 6) is -0.916. The van der Waals surface area contributed by atoms with Gasteiger partial charge in [0.2, 0.25) is 5.91 Å². The summed E-state index contributed by atoms with van der Waals surface area (Å²) >= 11 is 1.38. The van der Waals surface area contributed by atoms with Crippen LogP contribution in [-0.4, -0.2) is 91.4 Å². The first-order valence-corrected chi connectivity index (χ1v) is 11.8. The third kappa shape index (κ3) is 4.14. The van der Waals surface area contributed by atoms with Crippen molar-refractivity contribution in [2.75, 3.05) is 32.7 Å². The molecule has 0 spiro atoms. The number of urea groups is 1. The Hall–Kier alpha value is -4.13. The number of nitrogens with one attached hydrogen (secondary N) is 1. The highest BCUT2D eigenvalue weighted by Crippen LogP contribution is 2.30. The van der Waals surface area contributed by atoms with Gasteiger partial charge in [0, 0.05) is 26.2 Å². The first-order valence-electron chi connectivity index (χ1n) is 11.0. The van der Waals surface area contributed by atoms with E-state index in [1.54, 1.807) is 47.1 Å². The summed E-state index contributed by atoms with van der Waals surface area (Å²) < 4.78 is 1.44. The van der Waals surface area contributed by atoms with Crippen molar-refractivity contribution in [3.05, 3.63) is 58.5 Å². The van der Waals surface area contributed by atoms with E-state index in [1.807, 2.05) is 11.4 Å². The van der Waals surface area contributed by atoms with Gasteiger partial charge in [-0.1, -0.05) is 18.2 Å². The van der Waals surface area contributed by atoms with Crippen LogP contribution in [0.1, 0.15) is 22.2 Å². The number of hydrogen-bond donors (Lipinski definition) is 1. The number of benzene rings is 1. The Morgan fingerprint density at radius 1 is 1.09 bits per heavy atom. The summed E-state index contributed by atoms with van der Waals surface area (Å²) in [6, 6.07) is 9.91. The topological polar surface area (TPSA) is 134 Å². The number of carbonyl (C=O) groups excluding carboxylic acids is 4. The van der Waals surface area contributed by atoms with Crippen LogP contribution >= 0.6 is 11.3 Å². The first-order chi connectivity index (χ1) is 16.9.